The zero-order chi connectivity index (χ0) is 13.2. The van der Waals surface area contributed by atoms with Crippen molar-refractivity contribution < 1.29 is 9.90 Å². The van der Waals surface area contributed by atoms with Crippen LogP contribution in [0.4, 0.5) is 11.4 Å². The topological polar surface area (TPSA) is 65.5 Å². The van der Waals surface area contributed by atoms with Gasteiger partial charge in [-0.25, -0.2) is 9.78 Å². The Morgan fingerprint density at radius 1 is 1.26 bits per heavy atom. The average Bonchev–Trinajstić information content (AvgIpc) is 2.47. The van der Waals surface area contributed by atoms with Gasteiger partial charge in [-0.05, 0) is 38.2 Å². The van der Waals surface area contributed by atoms with Crippen molar-refractivity contribution in [3.8, 4) is 0 Å². The fourth-order valence-electron chi connectivity index (χ4n) is 2.92. The van der Waals surface area contributed by atoms with Crippen molar-refractivity contribution in [2.24, 2.45) is 0 Å². The van der Waals surface area contributed by atoms with Crippen molar-refractivity contribution >= 4 is 17.3 Å². The van der Waals surface area contributed by atoms with Gasteiger partial charge in [0.05, 0.1) is 17.1 Å². The third kappa shape index (κ3) is 2.37. The van der Waals surface area contributed by atoms with Crippen LogP contribution in [0.15, 0.2) is 6.07 Å². The molecule has 0 radical (unpaired) electrons. The number of piperidine rings is 1. The minimum atomic E-state index is -0.938. The van der Waals surface area contributed by atoms with E-state index in [1.165, 1.54) is 19.3 Å². The summed E-state index contributed by atoms with van der Waals surface area (Å²) in [6.07, 6.45) is 5.51. The molecular formula is C14H19N3O2. The van der Waals surface area contributed by atoms with Crippen molar-refractivity contribution in [1.29, 1.82) is 0 Å². The summed E-state index contributed by atoms with van der Waals surface area (Å²) in [7, 11) is 0. The highest BCUT2D eigenvalue weighted by Gasteiger charge is 2.22. The highest BCUT2D eigenvalue weighted by Crippen LogP contribution is 2.34. The zero-order valence-corrected chi connectivity index (χ0v) is 11.0. The predicted molar refractivity (Wildman–Crippen MR) is 74.1 cm³/mol. The average molecular weight is 261 g/mol. The van der Waals surface area contributed by atoms with Crippen molar-refractivity contribution in [3.05, 3.63) is 17.5 Å². The van der Waals surface area contributed by atoms with Gasteiger partial charge in [0, 0.05) is 19.6 Å². The normalized spacial score (nSPS) is 18.6. The van der Waals surface area contributed by atoms with E-state index in [2.05, 4.69) is 15.2 Å². The van der Waals surface area contributed by atoms with Crippen LogP contribution in [0, 0.1) is 0 Å². The Labute approximate surface area is 112 Å². The Balaban J connectivity index is 2.04. The van der Waals surface area contributed by atoms with Gasteiger partial charge in [0.25, 0.3) is 0 Å². The van der Waals surface area contributed by atoms with Gasteiger partial charge in [-0.2, -0.15) is 0 Å². The second-order valence-corrected chi connectivity index (χ2v) is 5.23. The number of anilines is 2. The van der Waals surface area contributed by atoms with E-state index in [0.29, 0.717) is 0 Å². The molecule has 3 heterocycles. The molecule has 3 rings (SSSR count). The van der Waals surface area contributed by atoms with Crippen LogP contribution in [0.3, 0.4) is 0 Å². The summed E-state index contributed by atoms with van der Waals surface area (Å²) in [5.74, 6) is -0.938. The summed E-state index contributed by atoms with van der Waals surface area (Å²) in [6.45, 7) is 2.97. The van der Waals surface area contributed by atoms with E-state index in [0.717, 1.165) is 49.5 Å². The molecule has 0 spiro atoms. The lowest BCUT2D eigenvalue weighted by Crippen LogP contribution is -2.31. The molecule has 1 aromatic rings. The highest BCUT2D eigenvalue weighted by atomic mass is 16.4. The largest absolute Gasteiger partial charge is 0.477 e. The fourth-order valence-corrected chi connectivity index (χ4v) is 2.92. The van der Waals surface area contributed by atoms with Crippen LogP contribution < -0.4 is 10.2 Å². The number of fused-ring (bicyclic) bond motifs is 1. The van der Waals surface area contributed by atoms with Gasteiger partial charge in [0.1, 0.15) is 0 Å². The Morgan fingerprint density at radius 3 is 2.79 bits per heavy atom. The van der Waals surface area contributed by atoms with E-state index in [1.807, 2.05) is 0 Å². The summed E-state index contributed by atoms with van der Waals surface area (Å²) < 4.78 is 0. The lowest BCUT2D eigenvalue weighted by Gasteiger charge is -2.32. The number of carboxylic acid groups (broad SMARTS) is 1. The minimum Gasteiger partial charge on any atom is -0.477 e. The Bertz CT molecular complexity index is 496. The number of hydrogen-bond acceptors (Lipinski definition) is 4. The van der Waals surface area contributed by atoms with Gasteiger partial charge >= 0.3 is 5.97 Å². The van der Waals surface area contributed by atoms with Gasteiger partial charge in [-0.3, -0.25) is 0 Å². The summed E-state index contributed by atoms with van der Waals surface area (Å²) >= 11 is 0. The van der Waals surface area contributed by atoms with E-state index in [4.69, 9.17) is 0 Å². The number of carboxylic acids is 1. The highest BCUT2D eigenvalue weighted by molar-refractivity contribution is 5.89. The number of hydrogen-bond donors (Lipinski definition) is 2. The number of pyridine rings is 1. The van der Waals surface area contributed by atoms with E-state index in [9.17, 15) is 9.90 Å². The van der Waals surface area contributed by atoms with Crippen molar-refractivity contribution in [2.75, 3.05) is 29.9 Å². The molecular weight excluding hydrogens is 242 g/mol. The van der Waals surface area contributed by atoms with Crippen LogP contribution in [0.2, 0.25) is 0 Å². The first-order chi connectivity index (χ1) is 9.25. The molecule has 0 saturated carbocycles. The number of rotatable bonds is 2. The predicted octanol–water partition coefficient (Wildman–Crippen LogP) is 2.13. The fraction of sp³-hybridized carbons (Fsp3) is 0.571. The molecule has 0 amide bonds. The smallest absolute Gasteiger partial charge is 0.354 e. The first-order valence-electron chi connectivity index (χ1n) is 7.02. The number of aromatic carboxylic acids is 1. The van der Waals surface area contributed by atoms with Crippen LogP contribution in [0.5, 0.6) is 0 Å². The van der Waals surface area contributed by atoms with Crippen molar-refractivity contribution in [3.63, 3.8) is 0 Å². The maximum absolute atomic E-state index is 11.2. The zero-order valence-electron chi connectivity index (χ0n) is 11.0. The number of aromatic nitrogens is 1. The first-order valence-corrected chi connectivity index (χ1v) is 7.02. The molecule has 1 aromatic heterocycles. The molecule has 2 N–H and O–H groups in total. The summed E-state index contributed by atoms with van der Waals surface area (Å²) in [5.41, 5.74) is 3.16. The molecule has 5 heteroatoms. The van der Waals surface area contributed by atoms with Gasteiger partial charge in [0.15, 0.2) is 5.69 Å². The molecule has 2 aliphatic heterocycles. The van der Waals surface area contributed by atoms with Crippen LogP contribution in [0.25, 0.3) is 0 Å². The monoisotopic (exact) mass is 261 g/mol. The third-order valence-corrected chi connectivity index (χ3v) is 3.88. The van der Waals surface area contributed by atoms with Crippen LogP contribution in [0.1, 0.15) is 41.9 Å². The van der Waals surface area contributed by atoms with E-state index >= 15 is 0 Å². The Morgan fingerprint density at radius 2 is 2.05 bits per heavy atom. The quantitative estimate of drug-likeness (QED) is 0.853. The van der Waals surface area contributed by atoms with Crippen molar-refractivity contribution in [1.82, 2.24) is 4.98 Å². The molecule has 2 aliphatic rings. The Hall–Kier alpha value is -1.78. The van der Waals surface area contributed by atoms with Gasteiger partial charge in [0.2, 0.25) is 0 Å². The lowest BCUT2D eigenvalue weighted by molar-refractivity contribution is 0.0690. The summed E-state index contributed by atoms with van der Waals surface area (Å²) in [4.78, 5) is 17.8. The molecule has 0 bridgehead atoms. The molecule has 5 nitrogen and oxygen atoms in total. The minimum absolute atomic E-state index is 0.169. The molecule has 1 fully saturated rings. The number of carbonyl (C=O) groups is 1. The number of nitrogens with zero attached hydrogens (tertiary/aromatic N) is 2. The van der Waals surface area contributed by atoms with Crippen LogP contribution in [-0.4, -0.2) is 35.7 Å². The Kier molecular flexibility index (Phi) is 3.27. The number of aryl methyl sites for hydroxylation is 1. The van der Waals surface area contributed by atoms with Gasteiger partial charge in [-0.15, -0.1) is 0 Å². The van der Waals surface area contributed by atoms with Crippen LogP contribution in [-0.2, 0) is 6.42 Å². The maximum atomic E-state index is 11.2. The van der Waals surface area contributed by atoms with E-state index < -0.39 is 5.97 Å². The van der Waals surface area contributed by atoms with E-state index in [1.54, 1.807) is 6.07 Å². The summed E-state index contributed by atoms with van der Waals surface area (Å²) in [5, 5.41) is 12.6. The molecule has 0 atom stereocenters. The maximum Gasteiger partial charge on any atom is 0.354 e. The second kappa shape index (κ2) is 5.07. The third-order valence-electron chi connectivity index (χ3n) is 3.88. The van der Waals surface area contributed by atoms with E-state index in [-0.39, 0.29) is 5.69 Å². The molecule has 19 heavy (non-hydrogen) atoms. The summed E-state index contributed by atoms with van der Waals surface area (Å²) in [6, 6.07) is 1.73. The molecule has 102 valence electrons. The number of nitrogens with one attached hydrogen (secondary N) is 1. The van der Waals surface area contributed by atoms with Crippen LogP contribution >= 0.6 is 0 Å². The molecule has 0 aromatic carbocycles. The first kappa shape index (κ1) is 12.3. The standard InChI is InChI=1S/C14H19N3O2/c18-14(19)11-9-12(17-7-2-1-3-8-17)13-10(16-11)5-4-6-15-13/h9,15H,1-8H2,(H,18,19). The van der Waals surface area contributed by atoms with Gasteiger partial charge < -0.3 is 15.3 Å². The van der Waals surface area contributed by atoms with Gasteiger partial charge in [-0.1, -0.05) is 0 Å². The van der Waals surface area contributed by atoms with Crippen molar-refractivity contribution in [2.45, 2.75) is 32.1 Å². The molecule has 1 saturated heterocycles. The second-order valence-electron chi connectivity index (χ2n) is 5.23. The molecule has 0 aliphatic carbocycles. The SMILES string of the molecule is O=C(O)c1cc(N2CCCCC2)c2c(n1)CCCN2. The molecule has 0 unspecified atom stereocenters. The lowest BCUT2D eigenvalue weighted by atomic mass is 10.0.